The third-order valence-electron chi connectivity index (χ3n) is 2.08. The Hall–Kier alpha value is -2.02. The van der Waals surface area contributed by atoms with Gasteiger partial charge in [-0.25, -0.2) is 4.98 Å². The number of nitrogens with zero attached hydrogens (tertiary/aromatic N) is 3. The zero-order valence-electron chi connectivity index (χ0n) is 10.6. The van der Waals surface area contributed by atoms with Crippen molar-refractivity contribution in [1.29, 1.82) is 0 Å². The van der Waals surface area contributed by atoms with Gasteiger partial charge in [-0.05, 0) is 38.2 Å². The van der Waals surface area contributed by atoms with Gasteiger partial charge in [0, 0.05) is 13.2 Å². The van der Waals surface area contributed by atoms with Gasteiger partial charge in [0.25, 0.3) is 0 Å². The second-order valence-electron chi connectivity index (χ2n) is 3.41. The molecule has 0 aliphatic rings. The van der Waals surface area contributed by atoms with Crippen LogP contribution >= 0.6 is 12.2 Å². The Kier molecular flexibility index (Phi) is 5.72. The molecule has 96 valence electrons. The van der Waals surface area contributed by atoms with Gasteiger partial charge in [0.2, 0.25) is 0 Å². The first kappa shape index (κ1) is 14.0. The van der Waals surface area contributed by atoms with Crippen LogP contribution in [0.1, 0.15) is 13.8 Å². The summed E-state index contributed by atoms with van der Waals surface area (Å²) < 4.78 is 0. The van der Waals surface area contributed by atoms with Crippen LogP contribution in [-0.2, 0) is 0 Å². The summed E-state index contributed by atoms with van der Waals surface area (Å²) in [5.74, 6) is 0.684. The zero-order valence-corrected chi connectivity index (χ0v) is 11.4. The van der Waals surface area contributed by atoms with Gasteiger partial charge in [0.05, 0.1) is 11.4 Å². The maximum absolute atomic E-state index is 4.91. The van der Waals surface area contributed by atoms with E-state index in [0.717, 1.165) is 11.4 Å². The highest BCUT2D eigenvalue weighted by Crippen LogP contribution is 1.99. The van der Waals surface area contributed by atoms with E-state index in [0.29, 0.717) is 10.9 Å². The van der Waals surface area contributed by atoms with Crippen LogP contribution in [0.25, 0.3) is 0 Å². The molecule has 0 spiro atoms. The summed E-state index contributed by atoms with van der Waals surface area (Å²) in [6, 6.07) is 5.56. The fourth-order valence-corrected chi connectivity index (χ4v) is 0.968. The predicted molar refractivity (Wildman–Crippen MR) is 78.9 cm³/mol. The lowest BCUT2D eigenvalue weighted by atomic mass is 10.3. The molecule has 0 amide bonds. The number of rotatable bonds is 4. The Labute approximate surface area is 112 Å². The predicted octanol–water partition coefficient (Wildman–Crippen LogP) is 1.34. The van der Waals surface area contributed by atoms with Crippen LogP contribution in [0, 0.1) is 0 Å². The zero-order chi connectivity index (χ0) is 13.4. The quantitative estimate of drug-likeness (QED) is 0.435. The van der Waals surface area contributed by atoms with Crippen molar-refractivity contribution in [3.8, 4) is 0 Å². The molecule has 1 heterocycles. The molecule has 0 bridgehead atoms. The van der Waals surface area contributed by atoms with Crippen molar-refractivity contribution >= 4 is 34.6 Å². The summed E-state index contributed by atoms with van der Waals surface area (Å²) in [7, 11) is 1.73. The van der Waals surface area contributed by atoms with Crippen molar-refractivity contribution in [3.05, 3.63) is 24.4 Å². The highest BCUT2D eigenvalue weighted by atomic mass is 32.1. The SMILES string of the molecule is CNC(=S)NN=C(C)C(C)=NNc1ccccn1. The first-order chi connectivity index (χ1) is 8.63. The first-order valence-corrected chi connectivity index (χ1v) is 5.78. The van der Waals surface area contributed by atoms with Crippen molar-refractivity contribution in [2.24, 2.45) is 10.2 Å². The van der Waals surface area contributed by atoms with Crippen molar-refractivity contribution in [3.63, 3.8) is 0 Å². The van der Waals surface area contributed by atoms with E-state index in [-0.39, 0.29) is 0 Å². The number of anilines is 1. The Balaban J connectivity index is 2.58. The first-order valence-electron chi connectivity index (χ1n) is 5.37. The topological polar surface area (TPSA) is 73.7 Å². The number of nitrogens with one attached hydrogen (secondary N) is 3. The molecule has 6 nitrogen and oxygen atoms in total. The van der Waals surface area contributed by atoms with Crippen molar-refractivity contribution in [1.82, 2.24) is 15.7 Å². The van der Waals surface area contributed by atoms with E-state index in [1.165, 1.54) is 0 Å². The lowest BCUT2D eigenvalue weighted by molar-refractivity contribution is 0.976. The Bertz CT molecular complexity index is 454. The van der Waals surface area contributed by atoms with Crippen LogP contribution in [0.2, 0.25) is 0 Å². The lowest BCUT2D eigenvalue weighted by Crippen LogP contribution is -2.30. The van der Waals surface area contributed by atoms with Gasteiger partial charge in [-0.1, -0.05) is 6.07 Å². The molecule has 0 aliphatic carbocycles. The fourth-order valence-electron chi connectivity index (χ4n) is 0.922. The molecular formula is C11H16N6S. The van der Waals surface area contributed by atoms with Crippen LogP contribution in [-0.4, -0.2) is 28.6 Å². The molecule has 7 heteroatoms. The standard InChI is InChI=1S/C11H16N6S/c1-8(9(2)15-17-11(18)12-3)14-16-10-6-4-5-7-13-10/h4-7H,1-3H3,(H,13,16)(H2,12,17,18). The number of hydrazone groups is 2. The molecule has 0 unspecified atom stereocenters. The van der Waals surface area contributed by atoms with Crippen LogP contribution in [0.5, 0.6) is 0 Å². The van der Waals surface area contributed by atoms with Crippen molar-refractivity contribution < 1.29 is 0 Å². The van der Waals surface area contributed by atoms with Crippen LogP contribution in [0.15, 0.2) is 34.6 Å². The third-order valence-corrected chi connectivity index (χ3v) is 2.37. The molecular weight excluding hydrogens is 248 g/mol. The fraction of sp³-hybridized carbons (Fsp3) is 0.273. The van der Waals surface area contributed by atoms with E-state index in [9.17, 15) is 0 Å². The summed E-state index contributed by atoms with van der Waals surface area (Å²) in [5.41, 5.74) is 7.02. The molecule has 1 rings (SSSR count). The van der Waals surface area contributed by atoms with Gasteiger partial charge in [-0.15, -0.1) is 0 Å². The monoisotopic (exact) mass is 264 g/mol. The average Bonchev–Trinajstić information content (AvgIpc) is 2.42. The van der Waals surface area contributed by atoms with E-state index in [2.05, 4.69) is 31.4 Å². The Morgan fingerprint density at radius 2 is 1.94 bits per heavy atom. The van der Waals surface area contributed by atoms with Gasteiger partial charge in [0.15, 0.2) is 5.11 Å². The number of hydrogen-bond donors (Lipinski definition) is 3. The molecule has 0 radical (unpaired) electrons. The number of thiocarbonyl (C=S) groups is 1. The maximum Gasteiger partial charge on any atom is 0.186 e. The van der Waals surface area contributed by atoms with Gasteiger partial charge in [-0.2, -0.15) is 10.2 Å². The summed E-state index contributed by atoms with van der Waals surface area (Å²) in [4.78, 5) is 4.09. The van der Waals surface area contributed by atoms with E-state index in [1.54, 1.807) is 13.2 Å². The highest BCUT2D eigenvalue weighted by Gasteiger charge is 1.98. The molecule has 18 heavy (non-hydrogen) atoms. The number of hydrogen-bond acceptors (Lipinski definition) is 5. The Morgan fingerprint density at radius 1 is 1.22 bits per heavy atom. The normalized spacial score (nSPS) is 11.9. The summed E-state index contributed by atoms with van der Waals surface area (Å²) in [5, 5.41) is 11.5. The van der Waals surface area contributed by atoms with Gasteiger partial charge < -0.3 is 5.32 Å². The molecule has 0 aliphatic heterocycles. The molecule has 3 N–H and O–H groups in total. The van der Waals surface area contributed by atoms with Gasteiger partial charge >= 0.3 is 0 Å². The van der Waals surface area contributed by atoms with Crippen LogP contribution < -0.4 is 16.2 Å². The molecule has 0 fully saturated rings. The minimum absolute atomic E-state index is 0.458. The smallest absolute Gasteiger partial charge is 0.186 e. The number of pyridine rings is 1. The average molecular weight is 264 g/mol. The van der Waals surface area contributed by atoms with Crippen LogP contribution in [0.3, 0.4) is 0 Å². The number of aromatic nitrogens is 1. The van der Waals surface area contributed by atoms with Crippen LogP contribution in [0.4, 0.5) is 5.82 Å². The minimum atomic E-state index is 0.458. The molecule has 0 aromatic carbocycles. The lowest BCUT2D eigenvalue weighted by Gasteiger charge is -2.04. The summed E-state index contributed by atoms with van der Waals surface area (Å²) in [6.07, 6.45) is 1.70. The summed E-state index contributed by atoms with van der Waals surface area (Å²) in [6.45, 7) is 3.68. The molecule has 0 atom stereocenters. The third kappa shape index (κ3) is 4.88. The van der Waals surface area contributed by atoms with Crippen molar-refractivity contribution in [2.45, 2.75) is 13.8 Å². The molecule has 1 aromatic rings. The molecule has 1 aromatic heterocycles. The summed E-state index contributed by atoms with van der Waals surface area (Å²) >= 11 is 4.91. The maximum atomic E-state index is 4.91. The van der Waals surface area contributed by atoms with Crippen molar-refractivity contribution in [2.75, 3.05) is 12.5 Å². The van der Waals surface area contributed by atoms with E-state index >= 15 is 0 Å². The Morgan fingerprint density at radius 3 is 2.56 bits per heavy atom. The largest absolute Gasteiger partial charge is 0.364 e. The van der Waals surface area contributed by atoms with E-state index in [4.69, 9.17) is 12.2 Å². The van der Waals surface area contributed by atoms with E-state index < -0.39 is 0 Å². The second-order valence-corrected chi connectivity index (χ2v) is 3.82. The van der Waals surface area contributed by atoms with Gasteiger partial charge in [0.1, 0.15) is 5.82 Å². The molecule has 0 saturated carbocycles. The van der Waals surface area contributed by atoms with E-state index in [1.807, 2.05) is 32.0 Å². The van der Waals surface area contributed by atoms with Gasteiger partial charge in [-0.3, -0.25) is 10.9 Å². The molecule has 0 saturated heterocycles. The minimum Gasteiger partial charge on any atom is -0.364 e. The highest BCUT2D eigenvalue weighted by molar-refractivity contribution is 7.80. The second kappa shape index (κ2) is 7.33.